The molecule has 190 valence electrons. The summed E-state index contributed by atoms with van der Waals surface area (Å²) in [5, 5.41) is 16.3. The van der Waals surface area contributed by atoms with Crippen molar-refractivity contribution in [3.05, 3.63) is 30.0 Å². The van der Waals surface area contributed by atoms with E-state index >= 15 is 0 Å². The second kappa shape index (κ2) is 10.2. The molecule has 1 aromatic heterocycles. The molecule has 9 nitrogen and oxygen atoms in total. The fourth-order valence-electron chi connectivity index (χ4n) is 6.34. The number of methoxy groups -OCH3 is 1. The number of hydrogen-bond acceptors (Lipinski definition) is 5. The lowest BCUT2D eigenvalue weighted by atomic mass is 9.78. The Morgan fingerprint density at radius 2 is 2.08 bits per heavy atom. The van der Waals surface area contributed by atoms with E-state index in [1.807, 2.05) is 18.2 Å². The molecule has 3 fully saturated rings. The summed E-state index contributed by atoms with van der Waals surface area (Å²) < 4.78 is 5.44. The number of nitriles is 1. The van der Waals surface area contributed by atoms with Crippen molar-refractivity contribution in [3.8, 4) is 11.8 Å². The van der Waals surface area contributed by atoms with Crippen LogP contribution < -0.4 is 15.4 Å². The quantitative estimate of drug-likeness (QED) is 0.573. The van der Waals surface area contributed by atoms with Gasteiger partial charge in [-0.2, -0.15) is 5.26 Å². The summed E-state index contributed by atoms with van der Waals surface area (Å²) >= 11 is 0. The Kier molecular flexibility index (Phi) is 6.86. The molecule has 9 heteroatoms. The van der Waals surface area contributed by atoms with E-state index in [0.717, 1.165) is 43.0 Å². The summed E-state index contributed by atoms with van der Waals surface area (Å²) in [5.41, 5.74) is 1.22. The molecule has 2 aromatic rings. The van der Waals surface area contributed by atoms with Crippen molar-refractivity contribution >= 4 is 28.6 Å². The van der Waals surface area contributed by atoms with Gasteiger partial charge >= 0.3 is 0 Å². The van der Waals surface area contributed by atoms with E-state index in [1.54, 1.807) is 18.1 Å². The largest absolute Gasteiger partial charge is 0.496 e. The average Bonchev–Trinajstić information content (AvgIpc) is 3.51. The number of carbonyl (C=O) groups excluding carboxylic acids is 3. The number of piperidine rings is 1. The Labute approximate surface area is 210 Å². The number of aromatic amines is 1. The Balaban J connectivity index is 1.38. The van der Waals surface area contributed by atoms with Gasteiger partial charge in [0.25, 0.3) is 5.91 Å². The standard InChI is InChI=1S/C27H33N5O4/c1-36-23-10-4-9-21-20(23)13-22(31-21)27(35)32-15-17-6-2-3-8-19(17)24(32)26(34)30-18(14-28)12-16-7-5-11-29-25(16)33/h4,9-10,13,16-19,24,31H,2-3,5-8,11-12,15H2,1H3,(H,29,33)(H,30,34)/t16-,17?,18?,19?,24-/m0/s1. The molecule has 0 radical (unpaired) electrons. The van der Waals surface area contributed by atoms with Crippen LogP contribution in [0.2, 0.25) is 0 Å². The fourth-order valence-corrected chi connectivity index (χ4v) is 6.34. The van der Waals surface area contributed by atoms with Gasteiger partial charge < -0.3 is 25.3 Å². The summed E-state index contributed by atoms with van der Waals surface area (Å²) in [5.74, 6) is 0.151. The minimum absolute atomic E-state index is 0.0602. The van der Waals surface area contributed by atoms with Gasteiger partial charge in [0, 0.05) is 29.9 Å². The van der Waals surface area contributed by atoms with Crippen molar-refractivity contribution in [2.75, 3.05) is 20.2 Å². The van der Waals surface area contributed by atoms with Crippen LogP contribution in [0.5, 0.6) is 5.75 Å². The van der Waals surface area contributed by atoms with Crippen LogP contribution in [0.4, 0.5) is 0 Å². The Bertz CT molecular complexity index is 1200. The van der Waals surface area contributed by atoms with Crippen LogP contribution in [0, 0.1) is 29.1 Å². The van der Waals surface area contributed by atoms with Gasteiger partial charge in [-0.25, -0.2) is 0 Å². The third-order valence-corrected chi connectivity index (χ3v) is 8.14. The lowest BCUT2D eigenvalue weighted by molar-refractivity contribution is -0.129. The molecule has 3 heterocycles. The molecule has 3 unspecified atom stereocenters. The van der Waals surface area contributed by atoms with Crippen molar-refractivity contribution in [3.63, 3.8) is 0 Å². The summed E-state index contributed by atoms with van der Waals surface area (Å²) in [4.78, 5) is 44.5. The highest BCUT2D eigenvalue weighted by molar-refractivity contribution is 6.02. The zero-order valence-corrected chi connectivity index (χ0v) is 20.6. The molecular formula is C27H33N5O4. The molecule has 5 rings (SSSR count). The zero-order chi connectivity index (χ0) is 25.2. The number of rotatable bonds is 6. The lowest BCUT2D eigenvalue weighted by Crippen LogP contribution is -2.52. The first-order valence-corrected chi connectivity index (χ1v) is 12.9. The summed E-state index contributed by atoms with van der Waals surface area (Å²) in [6, 6.07) is 8.14. The Morgan fingerprint density at radius 1 is 1.25 bits per heavy atom. The van der Waals surface area contributed by atoms with Crippen molar-refractivity contribution < 1.29 is 19.1 Å². The van der Waals surface area contributed by atoms with E-state index in [0.29, 0.717) is 31.0 Å². The Hall–Kier alpha value is -3.54. The number of amides is 3. The first-order valence-electron chi connectivity index (χ1n) is 12.9. The third-order valence-electron chi connectivity index (χ3n) is 8.14. The second-order valence-electron chi connectivity index (χ2n) is 10.3. The number of nitrogens with one attached hydrogen (secondary N) is 3. The first-order chi connectivity index (χ1) is 17.5. The van der Waals surface area contributed by atoms with E-state index < -0.39 is 12.1 Å². The van der Waals surface area contributed by atoms with E-state index in [9.17, 15) is 19.6 Å². The number of likely N-dealkylation sites (tertiary alicyclic amines) is 1. The molecule has 2 saturated heterocycles. The normalized spacial score (nSPS) is 26.6. The van der Waals surface area contributed by atoms with E-state index in [-0.39, 0.29) is 41.9 Å². The molecule has 1 saturated carbocycles. The number of carbonyl (C=O) groups is 3. The lowest BCUT2D eigenvalue weighted by Gasteiger charge is -2.30. The second-order valence-corrected chi connectivity index (χ2v) is 10.3. The van der Waals surface area contributed by atoms with Crippen molar-refractivity contribution in [1.82, 2.24) is 20.5 Å². The van der Waals surface area contributed by atoms with Crippen LogP contribution in [-0.4, -0.2) is 59.9 Å². The van der Waals surface area contributed by atoms with Gasteiger partial charge in [-0.15, -0.1) is 0 Å². The highest BCUT2D eigenvalue weighted by Gasteiger charge is 2.49. The monoisotopic (exact) mass is 491 g/mol. The van der Waals surface area contributed by atoms with Crippen LogP contribution in [-0.2, 0) is 9.59 Å². The number of fused-ring (bicyclic) bond motifs is 2. The van der Waals surface area contributed by atoms with Crippen molar-refractivity contribution in [1.29, 1.82) is 5.26 Å². The maximum atomic E-state index is 13.7. The SMILES string of the molecule is COc1cccc2[nH]c(C(=O)N3CC4CCCCC4[C@H]3C(=O)NC(C#N)C[C@@H]3CCCNC3=O)cc12. The summed E-state index contributed by atoms with van der Waals surface area (Å²) in [7, 11) is 1.59. The van der Waals surface area contributed by atoms with Crippen LogP contribution >= 0.6 is 0 Å². The Morgan fingerprint density at radius 3 is 2.86 bits per heavy atom. The van der Waals surface area contributed by atoms with Crippen LogP contribution in [0.1, 0.15) is 55.4 Å². The van der Waals surface area contributed by atoms with Crippen molar-refractivity contribution in [2.45, 2.75) is 57.0 Å². The molecule has 3 amide bonds. The first kappa shape index (κ1) is 24.2. The van der Waals surface area contributed by atoms with E-state index in [4.69, 9.17) is 4.74 Å². The maximum absolute atomic E-state index is 13.7. The number of benzene rings is 1. The summed E-state index contributed by atoms with van der Waals surface area (Å²) in [6.07, 6.45) is 5.86. The number of nitrogens with zero attached hydrogens (tertiary/aromatic N) is 2. The number of hydrogen-bond donors (Lipinski definition) is 3. The highest BCUT2D eigenvalue weighted by atomic mass is 16.5. The van der Waals surface area contributed by atoms with Gasteiger partial charge in [-0.3, -0.25) is 14.4 Å². The van der Waals surface area contributed by atoms with E-state index in [1.165, 1.54) is 0 Å². The van der Waals surface area contributed by atoms with Crippen LogP contribution in [0.15, 0.2) is 24.3 Å². The van der Waals surface area contributed by atoms with Gasteiger partial charge in [-0.1, -0.05) is 18.9 Å². The van der Waals surface area contributed by atoms with Crippen molar-refractivity contribution in [2.24, 2.45) is 17.8 Å². The molecular weight excluding hydrogens is 458 g/mol. The molecule has 1 aromatic carbocycles. The minimum Gasteiger partial charge on any atom is -0.496 e. The summed E-state index contributed by atoms with van der Waals surface area (Å²) in [6.45, 7) is 1.18. The van der Waals surface area contributed by atoms with E-state index in [2.05, 4.69) is 21.7 Å². The average molecular weight is 492 g/mol. The minimum atomic E-state index is -0.775. The predicted molar refractivity (Wildman–Crippen MR) is 133 cm³/mol. The molecule has 2 aliphatic heterocycles. The van der Waals surface area contributed by atoms with Gasteiger partial charge in [0.2, 0.25) is 11.8 Å². The number of H-pyrrole nitrogens is 1. The van der Waals surface area contributed by atoms with Gasteiger partial charge in [-0.05, 0) is 62.1 Å². The number of ether oxygens (including phenoxy) is 1. The highest BCUT2D eigenvalue weighted by Crippen LogP contribution is 2.41. The molecule has 36 heavy (non-hydrogen) atoms. The topological polar surface area (TPSA) is 127 Å². The smallest absolute Gasteiger partial charge is 0.271 e. The predicted octanol–water partition coefficient (Wildman–Crippen LogP) is 2.73. The molecule has 1 aliphatic carbocycles. The zero-order valence-electron chi connectivity index (χ0n) is 20.6. The fraction of sp³-hybridized carbons (Fsp3) is 0.556. The molecule has 0 spiro atoms. The molecule has 3 N–H and O–H groups in total. The molecule has 0 bridgehead atoms. The van der Waals surface area contributed by atoms with Crippen LogP contribution in [0.25, 0.3) is 10.9 Å². The third kappa shape index (κ3) is 4.52. The van der Waals surface area contributed by atoms with Gasteiger partial charge in [0.05, 0.1) is 13.2 Å². The number of aromatic nitrogens is 1. The molecule has 3 aliphatic rings. The van der Waals surface area contributed by atoms with Gasteiger partial charge in [0.1, 0.15) is 23.5 Å². The van der Waals surface area contributed by atoms with Gasteiger partial charge in [0.15, 0.2) is 0 Å². The molecule has 5 atom stereocenters. The maximum Gasteiger partial charge on any atom is 0.271 e. The van der Waals surface area contributed by atoms with Crippen LogP contribution in [0.3, 0.4) is 0 Å².